The van der Waals surface area contributed by atoms with E-state index in [1.165, 1.54) is 4.90 Å². The Kier molecular flexibility index (Phi) is 12.2. The molecule has 1 atom stereocenters. The number of hydrogen-bond acceptors (Lipinski definition) is 7. The lowest BCUT2D eigenvalue weighted by Gasteiger charge is -2.24. The van der Waals surface area contributed by atoms with Gasteiger partial charge in [-0.15, -0.1) is 0 Å². The van der Waals surface area contributed by atoms with Crippen LogP contribution in [0.3, 0.4) is 0 Å². The fourth-order valence-electron chi connectivity index (χ4n) is 4.99. The lowest BCUT2D eigenvalue weighted by Crippen LogP contribution is -2.48. The molecule has 0 radical (unpaired) electrons. The Balaban J connectivity index is 1.47. The molecule has 1 aliphatic rings. The maximum Gasteiger partial charge on any atom is 0.255 e. The number of fused-ring (bicyclic) bond motifs is 1. The van der Waals surface area contributed by atoms with E-state index in [4.69, 9.17) is 14.2 Å². The zero-order valence-electron chi connectivity index (χ0n) is 25.7. The molecule has 4 amide bonds. The Morgan fingerprint density at radius 3 is 2.49 bits per heavy atom. The summed E-state index contributed by atoms with van der Waals surface area (Å²) in [5.41, 5.74) is 2.14. The molecule has 11 nitrogen and oxygen atoms in total. The third-order valence-corrected chi connectivity index (χ3v) is 7.38. The van der Waals surface area contributed by atoms with Crippen molar-refractivity contribution in [1.29, 1.82) is 0 Å². The maximum absolute atomic E-state index is 13.4. The van der Waals surface area contributed by atoms with E-state index in [-0.39, 0.29) is 56.5 Å². The summed E-state index contributed by atoms with van der Waals surface area (Å²) in [5, 5.41) is 8.49. The number of para-hydroxylation sites is 1. The summed E-state index contributed by atoms with van der Waals surface area (Å²) in [6.07, 6.45) is 1.30. The van der Waals surface area contributed by atoms with Gasteiger partial charge in [-0.1, -0.05) is 48.5 Å². The largest absolute Gasteiger partial charge is 0.493 e. The minimum absolute atomic E-state index is 0.0437. The Labute approximate surface area is 263 Å². The highest BCUT2D eigenvalue weighted by Gasteiger charge is 2.26. The standard InChI is InChI=1S/C34H40N4O7/c1-43-29-16-14-24(21-30(29)44-2)11-8-18-36-34(42)27-15-17-32(40)38(22-25-9-4-3-5-10-25)23-31(39)35-19-20-45-28-13-7-6-12-26(28)33(41)37-27/h3-7,9-10,12-14,16,21,27H,8,11,15,17-20,22-23H2,1-2H3,(H,35,39)(H,36,42)(H,37,41)/t27-/m0/s1. The van der Waals surface area contributed by atoms with Gasteiger partial charge in [-0.25, -0.2) is 0 Å². The van der Waals surface area contributed by atoms with Gasteiger partial charge in [0, 0.05) is 19.5 Å². The van der Waals surface area contributed by atoms with Crippen LogP contribution in [-0.4, -0.2) is 75.0 Å². The van der Waals surface area contributed by atoms with E-state index in [1.807, 2.05) is 48.5 Å². The Bertz CT molecular complexity index is 1460. The van der Waals surface area contributed by atoms with E-state index in [0.29, 0.717) is 36.6 Å². The molecule has 238 valence electrons. The number of nitrogens with one attached hydrogen (secondary N) is 3. The molecule has 0 aliphatic carbocycles. The number of benzene rings is 3. The Morgan fingerprint density at radius 2 is 1.71 bits per heavy atom. The zero-order chi connectivity index (χ0) is 32.0. The SMILES string of the molecule is COc1ccc(CCCNC(=O)[C@@H]2CCC(=O)N(Cc3ccccc3)CC(=O)NCCOc3ccccc3C(=O)N2)cc1OC. The molecule has 0 bridgehead atoms. The quantitative estimate of drug-likeness (QED) is 0.315. The lowest BCUT2D eigenvalue weighted by molar-refractivity contribution is -0.137. The van der Waals surface area contributed by atoms with Gasteiger partial charge in [0.2, 0.25) is 17.7 Å². The molecule has 0 saturated heterocycles. The topological polar surface area (TPSA) is 135 Å². The van der Waals surface area contributed by atoms with Crippen molar-refractivity contribution in [2.75, 3.05) is 40.5 Å². The van der Waals surface area contributed by atoms with Crippen LogP contribution in [0.4, 0.5) is 0 Å². The Morgan fingerprint density at radius 1 is 0.956 bits per heavy atom. The summed E-state index contributed by atoms with van der Waals surface area (Å²) < 4.78 is 16.5. The van der Waals surface area contributed by atoms with E-state index < -0.39 is 17.9 Å². The van der Waals surface area contributed by atoms with Gasteiger partial charge in [0.1, 0.15) is 18.4 Å². The van der Waals surface area contributed by atoms with Gasteiger partial charge in [-0.2, -0.15) is 0 Å². The van der Waals surface area contributed by atoms with Crippen molar-refractivity contribution in [3.63, 3.8) is 0 Å². The normalized spacial score (nSPS) is 16.2. The molecule has 0 unspecified atom stereocenters. The number of nitrogens with zero attached hydrogens (tertiary/aromatic N) is 1. The van der Waals surface area contributed by atoms with Crippen LogP contribution in [0.15, 0.2) is 72.8 Å². The van der Waals surface area contributed by atoms with Gasteiger partial charge in [0.05, 0.1) is 32.9 Å². The highest BCUT2D eigenvalue weighted by Crippen LogP contribution is 2.28. The van der Waals surface area contributed by atoms with Gasteiger partial charge in [-0.05, 0) is 54.7 Å². The molecule has 11 heteroatoms. The first kappa shape index (κ1) is 32.8. The fraction of sp³-hybridized carbons (Fsp3) is 0.353. The first-order valence-electron chi connectivity index (χ1n) is 15.0. The van der Waals surface area contributed by atoms with Crippen LogP contribution in [0.2, 0.25) is 0 Å². The second kappa shape index (κ2) is 16.7. The molecule has 3 aromatic carbocycles. The number of ether oxygens (including phenoxy) is 3. The van der Waals surface area contributed by atoms with Crippen molar-refractivity contribution in [3.8, 4) is 17.2 Å². The summed E-state index contributed by atoms with van der Waals surface area (Å²) in [7, 11) is 3.16. The van der Waals surface area contributed by atoms with E-state index in [9.17, 15) is 19.2 Å². The second-order valence-electron chi connectivity index (χ2n) is 10.6. The molecule has 0 fully saturated rings. The predicted octanol–water partition coefficient (Wildman–Crippen LogP) is 2.87. The van der Waals surface area contributed by atoms with Crippen LogP contribution < -0.4 is 30.2 Å². The van der Waals surface area contributed by atoms with Crippen molar-refractivity contribution in [1.82, 2.24) is 20.9 Å². The smallest absolute Gasteiger partial charge is 0.255 e. The summed E-state index contributed by atoms with van der Waals surface area (Å²) in [5.74, 6) is 0.0613. The second-order valence-corrected chi connectivity index (χ2v) is 10.6. The first-order chi connectivity index (χ1) is 21.9. The van der Waals surface area contributed by atoms with E-state index >= 15 is 0 Å². The molecule has 0 spiro atoms. The molecule has 1 aliphatic heterocycles. The van der Waals surface area contributed by atoms with Crippen LogP contribution in [0.25, 0.3) is 0 Å². The van der Waals surface area contributed by atoms with E-state index in [1.54, 1.807) is 38.5 Å². The highest BCUT2D eigenvalue weighted by molar-refractivity contribution is 5.99. The molecular formula is C34H40N4O7. The average molecular weight is 617 g/mol. The van der Waals surface area contributed by atoms with Crippen molar-refractivity contribution in [3.05, 3.63) is 89.5 Å². The van der Waals surface area contributed by atoms with Crippen LogP contribution in [0.1, 0.15) is 40.7 Å². The molecule has 1 heterocycles. The molecule has 45 heavy (non-hydrogen) atoms. The summed E-state index contributed by atoms with van der Waals surface area (Å²) >= 11 is 0. The van der Waals surface area contributed by atoms with Gasteiger partial charge in [0.15, 0.2) is 11.5 Å². The number of rotatable bonds is 9. The molecule has 4 rings (SSSR count). The number of carbonyl (C=O) groups is 4. The fourth-order valence-corrected chi connectivity index (χ4v) is 4.99. The number of amides is 4. The summed E-state index contributed by atoms with van der Waals surface area (Å²) in [6.45, 7) is 0.745. The molecule has 0 saturated carbocycles. The number of hydrogen-bond donors (Lipinski definition) is 3. The van der Waals surface area contributed by atoms with Gasteiger partial charge < -0.3 is 35.1 Å². The monoisotopic (exact) mass is 616 g/mol. The third-order valence-electron chi connectivity index (χ3n) is 7.38. The Hall–Kier alpha value is -5.06. The van der Waals surface area contributed by atoms with Crippen LogP contribution in [0, 0.1) is 0 Å². The minimum Gasteiger partial charge on any atom is -0.493 e. The number of carbonyl (C=O) groups excluding carboxylic acids is 4. The van der Waals surface area contributed by atoms with Crippen molar-refractivity contribution in [2.24, 2.45) is 0 Å². The van der Waals surface area contributed by atoms with Crippen LogP contribution >= 0.6 is 0 Å². The first-order valence-corrected chi connectivity index (χ1v) is 15.0. The zero-order valence-corrected chi connectivity index (χ0v) is 25.7. The van der Waals surface area contributed by atoms with E-state index in [0.717, 1.165) is 11.1 Å². The van der Waals surface area contributed by atoms with Gasteiger partial charge >= 0.3 is 0 Å². The van der Waals surface area contributed by atoms with Gasteiger partial charge in [-0.3, -0.25) is 19.2 Å². The molecule has 3 aromatic rings. The lowest BCUT2D eigenvalue weighted by atomic mass is 10.1. The average Bonchev–Trinajstić information content (AvgIpc) is 3.06. The highest BCUT2D eigenvalue weighted by atomic mass is 16.5. The third kappa shape index (κ3) is 9.72. The van der Waals surface area contributed by atoms with Crippen LogP contribution in [-0.2, 0) is 27.3 Å². The minimum atomic E-state index is -0.992. The number of aryl methyl sites for hydroxylation is 1. The molecule has 3 N–H and O–H groups in total. The predicted molar refractivity (Wildman–Crippen MR) is 168 cm³/mol. The van der Waals surface area contributed by atoms with Crippen molar-refractivity contribution >= 4 is 23.6 Å². The van der Waals surface area contributed by atoms with E-state index in [2.05, 4.69) is 16.0 Å². The molecular weight excluding hydrogens is 576 g/mol. The van der Waals surface area contributed by atoms with Crippen molar-refractivity contribution in [2.45, 2.75) is 38.3 Å². The van der Waals surface area contributed by atoms with Crippen LogP contribution in [0.5, 0.6) is 17.2 Å². The number of methoxy groups -OCH3 is 2. The maximum atomic E-state index is 13.4. The summed E-state index contributed by atoms with van der Waals surface area (Å²) in [6, 6.07) is 20.7. The van der Waals surface area contributed by atoms with Gasteiger partial charge in [0.25, 0.3) is 5.91 Å². The summed E-state index contributed by atoms with van der Waals surface area (Å²) in [4.78, 5) is 54.4. The van der Waals surface area contributed by atoms with Crippen molar-refractivity contribution < 1.29 is 33.4 Å². The molecule has 0 aromatic heterocycles.